The van der Waals surface area contributed by atoms with E-state index in [4.69, 9.17) is 16.6 Å². The number of halogens is 1. The van der Waals surface area contributed by atoms with Crippen LogP contribution in [0.15, 0.2) is 108 Å². The lowest BCUT2D eigenvalue weighted by atomic mass is 9.81. The van der Waals surface area contributed by atoms with Gasteiger partial charge in [0.05, 0.1) is 44.3 Å². The summed E-state index contributed by atoms with van der Waals surface area (Å²) in [6.07, 6.45) is 0. The van der Waals surface area contributed by atoms with Crippen LogP contribution >= 0.6 is 34.7 Å². The van der Waals surface area contributed by atoms with E-state index in [1.807, 2.05) is 105 Å². The molecular formula is C35H27ClN4OS2. The third-order valence-electron chi connectivity index (χ3n) is 7.26. The largest absolute Gasteiger partial charge is 0.349 e. The maximum absolute atomic E-state index is 13.1. The quantitative estimate of drug-likeness (QED) is 0.190. The molecule has 1 atom stereocenters. The van der Waals surface area contributed by atoms with Crippen molar-refractivity contribution in [2.75, 3.05) is 11.1 Å². The molecule has 5 nitrogen and oxygen atoms in total. The van der Waals surface area contributed by atoms with Crippen LogP contribution in [0.3, 0.4) is 0 Å². The molecule has 4 aromatic carbocycles. The monoisotopic (exact) mass is 618 g/mol. The number of fused-ring (bicyclic) bond motifs is 1. The summed E-state index contributed by atoms with van der Waals surface area (Å²) in [6.45, 7) is 4.00. The van der Waals surface area contributed by atoms with Gasteiger partial charge in [0.2, 0.25) is 5.91 Å². The van der Waals surface area contributed by atoms with Gasteiger partial charge in [0.15, 0.2) is 0 Å². The highest BCUT2D eigenvalue weighted by Gasteiger charge is 2.36. The number of hydrogen-bond acceptors (Lipinski definition) is 6. The molecule has 1 aliphatic heterocycles. The second-order valence-corrected chi connectivity index (χ2v) is 12.7. The number of dihydropyridines is 1. The molecule has 0 radical (unpaired) electrons. The second kappa shape index (κ2) is 12.5. The minimum atomic E-state index is -0.499. The predicted octanol–water partition coefficient (Wildman–Crippen LogP) is 8.93. The van der Waals surface area contributed by atoms with Crippen molar-refractivity contribution in [3.63, 3.8) is 0 Å². The van der Waals surface area contributed by atoms with Gasteiger partial charge in [0.1, 0.15) is 5.01 Å². The Balaban J connectivity index is 1.46. The van der Waals surface area contributed by atoms with E-state index in [0.717, 1.165) is 54.4 Å². The van der Waals surface area contributed by atoms with Crippen LogP contribution in [-0.2, 0) is 4.79 Å². The summed E-state index contributed by atoms with van der Waals surface area (Å²) >= 11 is 9.73. The number of nitriles is 1. The number of aromatic nitrogens is 1. The molecule has 5 aromatic rings. The molecule has 0 spiro atoms. The number of thiazole rings is 1. The number of thioether (sulfide) groups is 1. The maximum Gasteiger partial charge on any atom is 0.234 e. The van der Waals surface area contributed by atoms with Gasteiger partial charge >= 0.3 is 0 Å². The number of allylic oxidation sites excluding steroid dienone is 2. The average molecular weight is 619 g/mol. The number of aryl methyl sites for hydroxylation is 2. The maximum atomic E-state index is 13.1. The SMILES string of the molecule is Cc1ccc(NC(=O)CSC2=C(C#N)[C@@H](c3ccccc3Cl)C(c3nc4ccccc4s3)=C(c3ccccc3)N2)c(C)c1. The first-order valence-electron chi connectivity index (χ1n) is 13.7. The van der Waals surface area contributed by atoms with E-state index < -0.39 is 5.92 Å². The predicted molar refractivity (Wildman–Crippen MR) is 180 cm³/mol. The smallest absolute Gasteiger partial charge is 0.234 e. The summed E-state index contributed by atoms with van der Waals surface area (Å²) in [5, 5.41) is 19.2. The molecule has 0 fully saturated rings. The molecule has 1 aromatic heterocycles. The van der Waals surface area contributed by atoms with Crippen molar-refractivity contribution < 1.29 is 4.79 Å². The summed E-state index contributed by atoms with van der Waals surface area (Å²) < 4.78 is 1.06. The van der Waals surface area contributed by atoms with Crippen molar-refractivity contribution in [1.29, 1.82) is 5.26 Å². The van der Waals surface area contributed by atoms with Gasteiger partial charge in [-0.3, -0.25) is 4.79 Å². The van der Waals surface area contributed by atoms with E-state index in [9.17, 15) is 10.1 Å². The van der Waals surface area contributed by atoms with E-state index in [1.54, 1.807) is 11.3 Å². The van der Waals surface area contributed by atoms with Crippen LogP contribution in [0.25, 0.3) is 21.5 Å². The number of carbonyl (C=O) groups is 1. The van der Waals surface area contributed by atoms with Crippen LogP contribution in [0.2, 0.25) is 5.02 Å². The zero-order chi connectivity index (χ0) is 29.9. The lowest BCUT2D eigenvalue weighted by Gasteiger charge is -2.31. The summed E-state index contributed by atoms with van der Waals surface area (Å²) in [4.78, 5) is 18.1. The van der Waals surface area contributed by atoms with Gasteiger partial charge in [-0.25, -0.2) is 4.98 Å². The first-order chi connectivity index (χ1) is 20.9. The standard InChI is InChI=1S/C35H27ClN4OS2/c1-21-16-17-27(22(2)18-21)38-30(41)20-42-34-25(19-37)31(24-12-6-7-13-26(24)36)32(33(40-34)23-10-4-3-5-11-23)35-39-28-14-8-9-15-29(28)43-35/h3-18,31,40H,20H2,1-2H3,(H,38,41)/t31-/m1/s1. The van der Waals surface area contributed by atoms with Gasteiger partial charge in [-0.1, -0.05) is 102 Å². The molecule has 2 heterocycles. The van der Waals surface area contributed by atoms with Gasteiger partial charge in [0, 0.05) is 16.3 Å². The highest BCUT2D eigenvalue weighted by Crippen LogP contribution is 2.50. The van der Waals surface area contributed by atoms with E-state index in [2.05, 4.69) is 22.8 Å². The number of benzene rings is 4. The number of hydrogen-bond donors (Lipinski definition) is 2. The molecule has 0 saturated heterocycles. The van der Waals surface area contributed by atoms with Crippen LogP contribution in [-0.4, -0.2) is 16.6 Å². The van der Waals surface area contributed by atoms with Crippen LogP contribution in [0.5, 0.6) is 0 Å². The molecule has 0 unspecified atom stereocenters. The van der Waals surface area contributed by atoms with Gasteiger partial charge in [0.25, 0.3) is 0 Å². The van der Waals surface area contributed by atoms with Crippen molar-refractivity contribution in [2.45, 2.75) is 19.8 Å². The molecule has 0 saturated carbocycles. The van der Waals surface area contributed by atoms with Crippen LogP contribution in [0, 0.1) is 25.2 Å². The molecule has 1 aliphatic rings. The highest BCUT2D eigenvalue weighted by molar-refractivity contribution is 8.03. The van der Waals surface area contributed by atoms with E-state index in [-0.39, 0.29) is 11.7 Å². The summed E-state index contributed by atoms with van der Waals surface area (Å²) in [5.41, 5.74) is 7.76. The summed E-state index contributed by atoms with van der Waals surface area (Å²) in [6, 6.07) is 34.0. The molecule has 43 heavy (non-hydrogen) atoms. The Kier molecular flexibility index (Phi) is 8.35. The van der Waals surface area contributed by atoms with Crippen molar-refractivity contribution in [3.05, 3.63) is 140 Å². The fraction of sp³-hybridized carbons (Fsp3) is 0.114. The number of rotatable bonds is 7. The number of para-hydroxylation sites is 1. The Morgan fingerprint density at radius 2 is 1.77 bits per heavy atom. The molecule has 2 N–H and O–H groups in total. The number of amides is 1. The Morgan fingerprint density at radius 1 is 1.02 bits per heavy atom. The lowest BCUT2D eigenvalue weighted by Crippen LogP contribution is -2.25. The third-order valence-corrected chi connectivity index (χ3v) is 9.69. The summed E-state index contributed by atoms with van der Waals surface area (Å²) in [5.74, 6) is -0.533. The van der Waals surface area contributed by atoms with Crippen molar-refractivity contribution in [2.24, 2.45) is 0 Å². The average Bonchev–Trinajstić information content (AvgIpc) is 3.45. The van der Waals surface area contributed by atoms with Crippen molar-refractivity contribution in [1.82, 2.24) is 10.3 Å². The Morgan fingerprint density at radius 3 is 2.51 bits per heavy atom. The van der Waals surface area contributed by atoms with Gasteiger partial charge < -0.3 is 10.6 Å². The van der Waals surface area contributed by atoms with Crippen molar-refractivity contribution in [3.8, 4) is 6.07 Å². The normalized spacial score (nSPS) is 14.9. The van der Waals surface area contributed by atoms with E-state index >= 15 is 0 Å². The minimum Gasteiger partial charge on any atom is -0.349 e. The number of nitrogens with one attached hydrogen (secondary N) is 2. The van der Waals surface area contributed by atoms with Crippen LogP contribution < -0.4 is 10.6 Å². The Labute approximate surface area is 263 Å². The topological polar surface area (TPSA) is 77.8 Å². The van der Waals surface area contributed by atoms with Gasteiger partial charge in [-0.15, -0.1) is 11.3 Å². The molecule has 0 aliphatic carbocycles. The van der Waals surface area contributed by atoms with E-state index in [0.29, 0.717) is 15.6 Å². The molecule has 1 amide bonds. The Bertz CT molecular complexity index is 1920. The molecule has 6 rings (SSSR count). The zero-order valence-corrected chi connectivity index (χ0v) is 25.9. The Hall–Kier alpha value is -4.35. The van der Waals surface area contributed by atoms with Crippen molar-refractivity contribution >= 4 is 67.8 Å². The molecule has 0 bridgehead atoms. The fourth-order valence-corrected chi connectivity index (χ4v) is 7.38. The molecule has 8 heteroatoms. The van der Waals surface area contributed by atoms with Gasteiger partial charge in [-0.05, 0) is 54.8 Å². The van der Waals surface area contributed by atoms with E-state index in [1.165, 1.54) is 11.8 Å². The van der Waals surface area contributed by atoms with Crippen LogP contribution in [0.4, 0.5) is 5.69 Å². The lowest BCUT2D eigenvalue weighted by molar-refractivity contribution is -0.113. The van der Waals surface area contributed by atoms with Gasteiger partial charge in [-0.2, -0.15) is 5.26 Å². The minimum absolute atomic E-state index is 0.120. The number of anilines is 1. The third kappa shape index (κ3) is 5.95. The van der Waals surface area contributed by atoms with Crippen LogP contribution in [0.1, 0.15) is 33.2 Å². The number of carbonyl (C=O) groups excluding carboxylic acids is 1. The first kappa shape index (κ1) is 28.8. The number of nitrogens with zero attached hydrogens (tertiary/aromatic N) is 2. The molecule has 212 valence electrons. The zero-order valence-electron chi connectivity index (χ0n) is 23.5. The summed E-state index contributed by atoms with van der Waals surface area (Å²) in [7, 11) is 0. The highest BCUT2D eigenvalue weighted by atomic mass is 35.5. The first-order valence-corrected chi connectivity index (χ1v) is 15.9. The second-order valence-electron chi connectivity index (χ2n) is 10.2. The molecular weight excluding hydrogens is 592 g/mol. The fourth-order valence-electron chi connectivity index (χ4n) is 5.25.